The zero-order chi connectivity index (χ0) is 11.8. The van der Waals surface area contributed by atoms with Crippen molar-refractivity contribution in [2.24, 2.45) is 0 Å². The van der Waals surface area contributed by atoms with E-state index in [0.717, 1.165) is 12.1 Å². The van der Waals surface area contributed by atoms with Crippen LogP contribution in [0, 0.1) is 0 Å². The van der Waals surface area contributed by atoms with Crippen molar-refractivity contribution in [3.05, 3.63) is 29.8 Å². The number of hydrogen-bond acceptors (Lipinski definition) is 1. The first kappa shape index (κ1) is 11.1. The van der Waals surface area contributed by atoms with E-state index in [4.69, 9.17) is 11.6 Å². The van der Waals surface area contributed by atoms with E-state index in [1.54, 1.807) is 0 Å². The first-order valence-corrected chi connectivity index (χ1v) is 6.83. The first-order chi connectivity index (χ1) is 8.33. The lowest BCUT2D eigenvalue weighted by Gasteiger charge is -2.31. The van der Waals surface area contributed by atoms with Crippen LogP contribution in [0.15, 0.2) is 24.3 Å². The van der Waals surface area contributed by atoms with E-state index in [2.05, 4.69) is 18.2 Å². The smallest absolute Gasteiger partial charge is 0.242 e. The summed E-state index contributed by atoms with van der Waals surface area (Å²) in [5, 5.41) is 0. The van der Waals surface area contributed by atoms with E-state index >= 15 is 0 Å². The third kappa shape index (κ3) is 1.66. The zero-order valence-electron chi connectivity index (χ0n) is 9.73. The molecule has 0 bridgehead atoms. The minimum atomic E-state index is 0.0496. The Balaban J connectivity index is 2.05. The molecule has 0 aromatic heterocycles. The van der Waals surface area contributed by atoms with Gasteiger partial charge in [-0.25, -0.2) is 0 Å². The molecule has 1 heterocycles. The summed E-state index contributed by atoms with van der Waals surface area (Å²) in [4.78, 5) is 14.0. The standard InChI is InChI=1S/C14H16ClNO/c15-9-14(17)16-12-7-3-1-5-10(12)11-6-2-4-8-13(11)16/h1,3,5,7,11,13H,2,4,6,8-9H2/t11-,13-/m1/s1. The van der Waals surface area contributed by atoms with Gasteiger partial charge in [0.2, 0.25) is 5.91 Å². The van der Waals surface area contributed by atoms with E-state index in [9.17, 15) is 4.79 Å². The molecule has 1 aliphatic heterocycles. The number of fused-ring (bicyclic) bond motifs is 3. The van der Waals surface area contributed by atoms with Crippen molar-refractivity contribution < 1.29 is 4.79 Å². The quantitative estimate of drug-likeness (QED) is 0.700. The van der Waals surface area contributed by atoms with Gasteiger partial charge in [-0.2, -0.15) is 0 Å². The minimum absolute atomic E-state index is 0.0496. The summed E-state index contributed by atoms with van der Waals surface area (Å²) >= 11 is 5.74. The Morgan fingerprint density at radius 3 is 2.88 bits per heavy atom. The number of benzene rings is 1. The van der Waals surface area contributed by atoms with Crippen LogP contribution in [0.1, 0.15) is 37.2 Å². The largest absolute Gasteiger partial charge is 0.307 e. The molecule has 1 fully saturated rings. The lowest BCUT2D eigenvalue weighted by atomic mass is 9.82. The summed E-state index contributed by atoms with van der Waals surface area (Å²) in [6.07, 6.45) is 4.81. The molecule has 0 saturated heterocycles. The second-order valence-corrected chi connectivity index (χ2v) is 5.18. The first-order valence-electron chi connectivity index (χ1n) is 6.30. The Morgan fingerprint density at radius 2 is 2.06 bits per heavy atom. The third-order valence-electron chi connectivity index (χ3n) is 4.04. The molecule has 1 aliphatic carbocycles. The van der Waals surface area contributed by atoms with Gasteiger partial charge in [0, 0.05) is 17.6 Å². The van der Waals surface area contributed by atoms with Gasteiger partial charge in [-0.1, -0.05) is 31.0 Å². The molecule has 0 radical (unpaired) electrons. The van der Waals surface area contributed by atoms with Gasteiger partial charge >= 0.3 is 0 Å². The fraction of sp³-hybridized carbons (Fsp3) is 0.500. The Bertz CT molecular complexity index is 446. The summed E-state index contributed by atoms with van der Waals surface area (Å²) in [5.74, 6) is 0.665. The Hall–Kier alpha value is -1.02. The molecule has 1 aromatic carbocycles. The van der Waals surface area contributed by atoms with Gasteiger partial charge in [0.1, 0.15) is 5.88 Å². The van der Waals surface area contributed by atoms with Gasteiger partial charge in [-0.3, -0.25) is 4.79 Å². The highest BCUT2D eigenvalue weighted by Gasteiger charge is 2.41. The Morgan fingerprint density at radius 1 is 1.29 bits per heavy atom. The minimum Gasteiger partial charge on any atom is -0.307 e. The summed E-state index contributed by atoms with van der Waals surface area (Å²) in [6.45, 7) is 0. The predicted molar refractivity (Wildman–Crippen MR) is 69.6 cm³/mol. The molecule has 90 valence electrons. The molecule has 2 nitrogen and oxygen atoms in total. The highest BCUT2D eigenvalue weighted by Crippen LogP contribution is 2.47. The Kier molecular flexibility index (Phi) is 2.83. The topological polar surface area (TPSA) is 20.3 Å². The number of rotatable bonds is 1. The number of nitrogens with zero attached hydrogens (tertiary/aromatic N) is 1. The molecule has 0 spiro atoms. The van der Waals surface area contributed by atoms with Crippen LogP contribution in [0.4, 0.5) is 5.69 Å². The maximum Gasteiger partial charge on any atom is 0.242 e. The second-order valence-electron chi connectivity index (χ2n) is 4.91. The molecule has 0 N–H and O–H groups in total. The van der Waals surface area contributed by atoms with Gasteiger partial charge in [0.05, 0.1) is 0 Å². The van der Waals surface area contributed by atoms with Crippen molar-refractivity contribution >= 4 is 23.2 Å². The van der Waals surface area contributed by atoms with E-state index in [-0.39, 0.29) is 11.8 Å². The highest BCUT2D eigenvalue weighted by molar-refractivity contribution is 6.29. The lowest BCUT2D eigenvalue weighted by Crippen LogP contribution is -2.41. The molecule has 17 heavy (non-hydrogen) atoms. The number of carbonyl (C=O) groups is 1. The number of anilines is 1. The van der Waals surface area contributed by atoms with E-state index in [1.165, 1.54) is 24.8 Å². The molecule has 2 aliphatic rings. The van der Waals surface area contributed by atoms with Gasteiger partial charge in [0.25, 0.3) is 0 Å². The fourth-order valence-corrected chi connectivity index (χ4v) is 3.49. The average Bonchev–Trinajstić information content (AvgIpc) is 2.72. The number of carbonyl (C=O) groups excluding carboxylic acids is 1. The molecule has 1 aromatic rings. The molecule has 3 heteroatoms. The van der Waals surface area contributed by atoms with Crippen molar-refractivity contribution in [3.63, 3.8) is 0 Å². The predicted octanol–water partition coefficient (Wildman–Crippen LogP) is 3.30. The molecule has 3 rings (SSSR count). The van der Waals surface area contributed by atoms with Gasteiger partial charge in [0.15, 0.2) is 0 Å². The maximum absolute atomic E-state index is 12.0. The van der Waals surface area contributed by atoms with E-state index in [0.29, 0.717) is 12.0 Å². The average molecular weight is 250 g/mol. The highest BCUT2D eigenvalue weighted by atomic mass is 35.5. The number of halogens is 1. The summed E-state index contributed by atoms with van der Waals surface area (Å²) < 4.78 is 0. The monoisotopic (exact) mass is 249 g/mol. The van der Waals surface area contributed by atoms with Crippen molar-refractivity contribution in [1.82, 2.24) is 0 Å². The van der Waals surface area contributed by atoms with Crippen molar-refractivity contribution in [2.45, 2.75) is 37.6 Å². The summed E-state index contributed by atoms with van der Waals surface area (Å²) in [7, 11) is 0. The normalized spacial score (nSPS) is 26.5. The SMILES string of the molecule is O=C(CCl)N1c2ccccc2[C@H]2CCCC[C@H]21. The zero-order valence-corrected chi connectivity index (χ0v) is 10.5. The van der Waals surface area contributed by atoms with Crippen LogP contribution in [-0.4, -0.2) is 17.8 Å². The number of para-hydroxylation sites is 1. The summed E-state index contributed by atoms with van der Waals surface area (Å²) in [6, 6.07) is 8.65. The third-order valence-corrected chi connectivity index (χ3v) is 4.27. The van der Waals surface area contributed by atoms with Crippen LogP contribution in [0.25, 0.3) is 0 Å². The molecule has 0 unspecified atom stereocenters. The fourth-order valence-electron chi connectivity index (χ4n) is 3.37. The van der Waals surface area contributed by atoms with Gasteiger partial charge < -0.3 is 4.90 Å². The number of amides is 1. The molecule has 1 saturated carbocycles. The van der Waals surface area contributed by atoms with Crippen LogP contribution in [-0.2, 0) is 4.79 Å². The molecule has 2 atom stereocenters. The van der Waals surface area contributed by atoms with E-state index < -0.39 is 0 Å². The lowest BCUT2D eigenvalue weighted by molar-refractivity contribution is -0.116. The van der Waals surface area contributed by atoms with Gasteiger partial charge in [-0.15, -0.1) is 11.6 Å². The maximum atomic E-state index is 12.0. The molecular formula is C14H16ClNO. The van der Waals surface area contributed by atoms with Crippen LogP contribution in [0.5, 0.6) is 0 Å². The number of hydrogen-bond donors (Lipinski definition) is 0. The van der Waals surface area contributed by atoms with Crippen LogP contribution in [0.3, 0.4) is 0 Å². The van der Waals surface area contributed by atoms with Crippen LogP contribution >= 0.6 is 11.6 Å². The van der Waals surface area contributed by atoms with Crippen molar-refractivity contribution in [1.29, 1.82) is 0 Å². The van der Waals surface area contributed by atoms with Crippen molar-refractivity contribution in [2.75, 3.05) is 10.8 Å². The van der Waals surface area contributed by atoms with Crippen LogP contribution < -0.4 is 4.90 Å². The van der Waals surface area contributed by atoms with Gasteiger partial charge in [-0.05, 0) is 24.5 Å². The second kappa shape index (κ2) is 4.34. The Labute approximate surface area is 107 Å². The van der Waals surface area contributed by atoms with Crippen LogP contribution in [0.2, 0.25) is 0 Å². The summed E-state index contributed by atoms with van der Waals surface area (Å²) in [5.41, 5.74) is 2.44. The van der Waals surface area contributed by atoms with E-state index in [1.807, 2.05) is 11.0 Å². The van der Waals surface area contributed by atoms with Crippen molar-refractivity contribution in [3.8, 4) is 0 Å². The number of alkyl halides is 1. The molecular weight excluding hydrogens is 234 g/mol. The molecule has 1 amide bonds.